The fourth-order valence-corrected chi connectivity index (χ4v) is 3.09. The highest BCUT2D eigenvalue weighted by Crippen LogP contribution is 2.18. The summed E-state index contributed by atoms with van der Waals surface area (Å²) >= 11 is 0. The monoisotopic (exact) mass is 394 g/mol. The molecule has 2 aromatic carbocycles. The molecular formula is C21H22N4O4. The van der Waals surface area contributed by atoms with Crippen molar-refractivity contribution < 1.29 is 4.92 Å². The number of nitro groups is 1. The van der Waals surface area contributed by atoms with E-state index in [0.29, 0.717) is 0 Å². The van der Waals surface area contributed by atoms with Gasteiger partial charge in [0, 0.05) is 0 Å². The van der Waals surface area contributed by atoms with Gasteiger partial charge in [0.05, 0.1) is 4.92 Å². The van der Waals surface area contributed by atoms with Crippen LogP contribution in [0.4, 0.5) is 5.69 Å². The van der Waals surface area contributed by atoms with Crippen molar-refractivity contribution in [3.8, 4) is 0 Å². The average Bonchev–Trinajstić information content (AvgIpc) is 2.73. The maximum Gasteiger partial charge on any atom is 0.357 e. The fourth-order valence-electron chi connectivity index (χ4n) is 3.09. The van der Waals surface area contributed by atoms with Crippen LogP contribution in [0.3, 0.4) is 0 Å². The molecule has 0 saturated carbocycles. The highest BCUT2D eigenvalue weighted by Gasteiger charge is 2.18. The topological polar surface area (TPSA) is 121 Å². The van der Waals surface area contributed by atoms with Crippen molar-refractivity contribution >= 4 is 28.6 Å². The molecule has 0 bridgehead atoms. The van der Waals surface area contributed by atoms with Crippen LogP contribution < -0.4 is 16.6 Å². The Morgan fingerprint density at radius 1 is 0.897 bits per heavy atom. The fraction of sp³-hybridized carbons (Fsp3) is 0.238. The van der Waals surface area contributed by atoms with Gasteiger partial charge in [0.15, 0.2) is 0 Å². The molecule has 0 atom stereocenters. The molecule has 4 rings (SSSR count). The third-order valence-electron chi connectivity index (χ3n) is 4.55. The Bertz CT molecular complexity index is 1130. The maximum absolute atomic E-state index is 11.5. The molecule has 0 radical (unpaired) electrons. The van der Waals surface area contributed by atoms with E-state index in [2.05, 4.69) is 10.3 Å². The Morgan fingerprint density at radius 2 is 1.62 bits per heavy atom. The normalized spacial score (nSPS) is 13.8. The molecule has 29 heavy (non-hydrogen) atoms. The number of hydrogen-bond acceptors (Lipinski definition) is 5. The Hall–Kier alpha value is -3.52. The first-order valence-electron chi connectivity index (χ1n) is 9.43. The summed E-state index contributed by atoms with van der Waals surface area (Å²) in [5.74, 6) is 0. The summed E-state index contributed by atoms with van der Waals surface area (Å²) in [4.78, 5) is 37.1. The number of nitrogens with zero attached hydrogens (tertiary/aromatic N) is 1. The van der Waals surface area contributed by atoms with E-state index >= 15 is 0 Å². The number of aromatic nitrogens is 2. The Labute approximate surface area is 166 Å². The van der Waals surface area contributed by atoms with E-state index in [1.165, 1.54) is 38.4 Å². The van der Waals surface area contributed by atoms with E-state index in [1.807, 2.05) is 47.4 Å². The second-order valence-electron chi connectivity index (χ2n) is 6.68. The van der Waals surface area contributed by atoms with E-state index in [-0.39, 0.29) is 5.69 Å². The first kappa shape index (κ1) is 20.2. The van der Waals surface area contributed by atoms with Crippen LogP contribution in [0.15, 0.2) is 52.1 Å². The summed E-state index contributed by atoms with van der Waals surface area (Å²) < 4.78 is 0. The van der Waals surface area contributed by atoms with Crippen LogP contribution in [-0.4, -0.2) is 28.0 Å². The van der Waals surface area contributed by atoms with Crippen LogP contribution in [0.5, 0.6) is 0 Å². The quantitative estimate of drug-likeness (QED) is 0.466. The van der Waals surface area contributed by atoms with E-state index in [9.17, 15) is 19.7 Å². The number of hydrogen-bond donors (Lipinski definition) is 3. The van der Waals surface area contributed by atoms with Crippen LogP contribution in [0.2, 0.25) is 0 Å². The number of nitrogens with one attached hydrogen (secondary N) is 3. The summed E-state index contributed by atoms with van der Waals surface area (Å²) in [6.07, 6.45) is 7.16. The molecule has 0 aliphatic carbocycles. The number of rotatable bonds is 3. The van der Waals surface area contributed by atoms with Crippen LogP contribution in [0, 0.1) is 10.1 Å². The number of H-pyrrole nitrogens is 2. The molecule has 0 spiro atoms. The molecule has 3 aromatic rings. The maximum atomic E-state index is 11.5. The predicted octanol–water partition coefficient (Wildman–Crippen LogP) is 3.05. The van der Waals surface area contributed by atoms with Gasteiger partial charge in [0.1, 0.15) is 5.69 Å². The molecule has 1 aromatic heterocycles. The van der Waals surface area contributed by atoms with E-state index < -0.39 is 21.9 Å². The molecule has 0 unspecified atom stereocenters. The van der Waals surface area contributed by atoms with Gasteiger partial charge in [-0.05, 0) is 54.4 Å². The Morgan fingerprint density at radius 3 is 2.24 bits per heavy atom. The van der Waals surface area contributed by atoms with Crippen LogP contribution in [0.25, 0.3) is 22.9 Å². The zero-order chi connectivity index (χ0) is 20.6. The zero-order valence-corrected chi connectivity index (χ0v) is 15.8. The van der Waals surface area contributed by atoms with Gasteiger partial charge in [0.2, 0.25) is 0 Å². The number of aromatic amines is 2. The van der Waals surface area contributed by atoms with Crippen molar-refractivity contribution in [1.29, 1.82) is 0 Å². The minimum Gasteiger partial charge on any atom is -0.317 e. The van der Waals surface area contributed by atoms with Crippen molar-refractivity contribution in [2.45, 2.75) is 19.3 Å². The Kier molecular flexibility index (Phi) is 6.70. The number of fused-ring (bicyclic) bond motifs is 1. The van der Waals surface area contributed by atoms with E-state index in [0.717, 1.165) is 16.3 Å². The number of benzene rings is 2. The summed E-state index contributed by atoms with van der Waals surface area (Å²) in [7, 11) is 0. The minimum absolute atomic E-state index is 0.142. The lowest BCUT2D eigenvalue weighted by molar-refractivity contribution is -0.386. The van der Waals surface area contributed by atoms with Gasteiger partial charge in [-0.1, -0.05) is 48.9 Å². The molecule has 0 amide bonds. The highest BCUT2D eigenvalue weighted by molar-refractivity contribution is 5.86. The lowest BCUT2D eigenvalue weighted by Gasteiger charge is -2.08. The van der Waals surface area contributed by atoms with Gasteiger partial charge < -0.3 is 10.3 Å². The van der Waals surface area contributed by atoms with E-state index in [1.54, 1.807) is 6.08 Å². The lowest BCUT2D eigenvalue weighted by Crippen LogP contribution is -2.25. The van der Waals surface area contributed by atoms with Crippen LogP contribution in [0.1, 0.15) is 30.5 Å². The van der Waals surface area contributed by atoms with Crippen LogP contribution in [-0.2, 0) is 0 Å². The van der Waals surface area contributed by atoms with Gasteiger partial charge in [-0.15, -0.1) is 0 Å². The summed E-state index contributed by atoms with van der Waals surface area (Å²) in [6, 6.07) is 13.4. The van der Waals surface area contributed by atoms with E-state index in [4.69, 9.17) is 0 Å². The molecule has 1 saturated heterocycles. The van der Waals surface area contributed by atoms with Gasteiger partial charge in [-0.25, -0.2) is 4.79 Å². The average molecular weight is 394 g/mol. The number of piperidine rings is 1. The van der Waals surface area contributed by atoms with Gasteiger partial charge in [-0.2, -0.15) is 0 Å². The second-order valence-corrected chi connectivity index (χ2v) is 6.68. The summed E-state index contributed by atoms with van der Waals surface area (Å²) in [6.45, 7) is 2.50. The molecule has 3 N–H and O–H groups in total. The third-order valence-corrected chi connectivity index (χ3v) is 4.55. The van der Waals surface area contributed by atoms with Crippen molar-refractivity contribution in [1.82, 2.24) is 15.3 Å². The minimum atomic E-state index is -1.03. The molecule has 1 aliphatic rings. The largest absolute Gasteiger partial charge is 0.357 e. The smallest absolute Gasteiger partial charge is 0.317 e. The summed E-state index contributed by atoms with van der Waals surface area (Å²) in [5.41, 5.74) is -1.87. The molecule has 1 fully saturated rings. The zero-order valence-electron chi connectivity index (χ0n) is 15.8. The molecule has 1 aliphatic heterocycles. The van der Waals surface area contributed by atoms with Crippen molar-refractivity contribution in [3.63, 3.8) is 0 Å². The summed E-state index contributed by atoms with van der Waals surface area (Å²) in [5, 5.41) is 16.3. The SMILES string of the molecule is C1CCNCC1.O=c1[nH]c(/C=C/c2ccc3ccccc3c2)c([N+](=O)[O-])c(=O)[nH]1. The predicted molar refractivity (Wildman–Crippen MR) is 114 cm³/mol. The third kappa shape index (κ3) is 5.49. The second kappa shape index (κ2) is 9.61. The molecule has 8 nitrogen and oxygen atoms in total. The lowest BCUT2D eigenvalue weighted by atomic mass is 10.1. The van der Waals surface area contributed by atoms with Gasteiger partial charge in [-0.3, -0.25) is 19.9 Å². The molecule has 8 heteroatoms. The van der Waals surface area contributed by atoms with Crippen LogP contribution >= 0.6 is 0 Å². The molecule has 150 valence electrons. The Balaban J connectivity index is 0.000000343. The highest BCUT2D eigenvalue weighted by atomic mass is 16.6. The first-order chi connectivity index (χ1) is 14.0. The van der Waals surface area contributed by atoms with Crippen molar-refractivity contribution in [3.05, 3.63) is 84.7 Å². The molecule has 2 heterocycles. The van der Waals surface area contributed by atoms with Gasteiger partial charge in [0.25, 0.3) is 0 Å². The molecular weight excluding hydrogens is 372 g/mol. The van der Waals surface area contributed by atoms with Crippen molar-refractivity contribution in [2.24, 2.45) is 0 Å². The first-order valence-corrected chi connectivity index (χ1v) is 9.43. The van der Waals surface area contributed by atoms with Gasteiger partial charge >= 0.3 is 16.9 Å². The standard InChI is InChI=1S/C16H11N3O4.C5H11N/c20-15-14(19(22)23)13(17-16(21)18-15)8-6-10-5-7-11-3-1-2-4-12(11)9-10;1-2-4-6-5-3-1/h1-9H,(H2,17,18,20,21);6H,1-5H2/b8-6+;. The van der Waals surface area contributed by atoms with Crippen molar-refractivity contribution in [2.75, 3.05) is 13.1 Å².